The van der Waals surface area contributed by atoms with Gasteiger partial charge in [-0.15, -0.1) is 0 Å². The van der Waals surface area contributed by atoms with Gasteiger partial charge in [0.15, 0.2) is 0 Å². The summed E-state index contributed by atoms with van der Waals surface area (Å²) < 4.78 is 25.9. The number of hydrogen-bond donors (Lipinski definition) is 1. The average Bonchev–Trinajstić information content (AvgIpc) is 2.57. The Labute approximate surface area is 147 Å². The molecule has 0 spiro atoms. The molecular formula is C18H19N3O3S. The quantitative estimate of drug-likeness (QED) is 0.890. The molecule has 2 rings (SSSR count). The van der Waals surface area contributed by atoms with Gasteiger partial charge in [0.05, 0.1) is 17.4 Å². The van der Waals surface area contributed by atoms with Crippen molar-refractivity contribution in [2.45, 2.75) is 18.2 Å². The largest absolute Gasteiger partial charge is 0.322 e. The molecule has 7 heteroatoms. The van der Waals surface area contributed by atoms with E-state index in [1.807, 2.05) is 6.07 Å². The number of amides is 1. The fraction of sp³-hybridized carbons (Fsp3) is 0.222. The van der Waals surface area contributed by atoms with Gasteiger partial charge in [-0.3, -0.25) is 4.79 Å². The van der Waals surface area contributed by atoms with E-state index < -0.39 is 10.0 Å². The Morgan fingerprint density at radius 3 is 2.56 bits per heavy atom. The van der Waals surface area contributed by atoms with Gasteiger partial charge in [0.25, 0.3) is 5.91 Å². The zero-order chi connectivity index (χ0) is 18.6. The molecule has 0 radical (unpaired) electrons. The smallest absolute Gasteiger partial charge is 0.255 e. The second kappa shape index (κ2) is 7.47. The molecule has 0 atom stereocenters. The minimum absolute atomic E-state index is 0.147. The van der Waals surface area contributed by atoms with E-state index in [1.54, 1.807) is 43.3 Å². The molecule has 1 N–H and O–H groups in total. The molecule has 0 aliphatic heterocycles. The van der Waals surface area contributed by atoms with E-state index in [0.717, 1.165) is 9.87 Å². The molecule has 0 bridgehead atoms. The first kappa shape index (κ1) is 18.6. The number of nitriles is 1. The van der Waals surface area contributed by atoms with Crippen LogP contribution in [-0.4, -0.2) is 32.7 Å². The molecular weight excluding hydrogens is 338 g/mol. The van der Waals surface area contributed by atoms with E-state index in [1.165, 1.54) is 20.2 Å². The lowest BCUT2D eigenvalue weighted by molar-refractivity contribution is 0.102. The Kier molecular flexibility index (Phi) is 5.57. The van der Waals surface area contributed by atoms with Crippen LogP contribution in [0.5, 0.6) is 0 Å². The maximum absolute atomic E-state index is 12.4. The number of sulfonamides is 1. The van der Waals surface area contributed by atoms with Crippen molar-refractivity contribution in [1.82, 2.24) is 4.31 Å². The van der Waals surface area contributed by atoms with Crippen molar-refractivity contribution in [3.8, 4) is 6.07 Å². The number of hydrogen-bond acceptors (Lipinski definition) is 4. The second-order valence-electron chi connectivity index (χ2n) is 5.76. The summed E-state index contributed by atoms with van der Waals surface area (Å²) in [6.45, 7) is 1.70. The molecule has 25 heavy (non-hydrogen) atoms. The lowest BCUT2D eigenvalue weighted by atomic mass is 10.1. The fourth-order valence-corrected chi connectivity index (χ4v) is 3.41. The third-order valence-electron chi connectivity index (χ3n) is 3.68. The van der Waals surface area contributed by atoms with Crippen LogP contribution in [0.3, 0.4) is 0 Å². The molecule has 1 amide bonds. The summed E-state index contributed by atoms with van der Waals surface area (Å²) >= 11 is 0. The molecule has 0 saturated carbocycles. The molecule has 0 aliphatic rings. The molecule has 2 aromatic carbocycles. The highest BCUT2D eigenvalue weighted by Crippen LogP contribution is 2.23. The maximum atomic E-state index is 12.4. The summed E-state index contributed by atoms with van der Waals surface area (Å²) in [5.41, 5.74) is 2.14. The standard InChI is InChI=1S/C18H19N3O3S/c1-13-7-8-16(12-17(13)25(23,24)21(2)3)20-18(22)15-6-4-5-14(11-15)9-10-19/h4-8,11-12H,9H2,1-3H3,(H,20,22). The van der Waals surface area contributed by atoms with Gasteiger partial charge in [0, 0.05) is 25.3 Å². The molecule has 2 aromatic rings. The molecule has 0 fully saturated rings. The van der Waals surface area contributed by atoms with E-state index in [2.05, 4.69) is 5.32 Å². The zero-order valence-corrected chi connectivity index (χ0v) is 15.1. The summed E-state index contributed by atoms with van der Waals surface area (Å²) in [4.78, 5) is 12.5. The highest BCUT2D eigenvalue weighted by atomic mass is 32.2. The van der Waals surface area contributed by atoms with Crippen molar-refractivity contribution >= 4 is 21.6 Å². The summed E-state index contributed by atoms with van der Waals surface area (Å²) in [7, 11) is -0.680. The maximum Gasteiger partial charge on any atom is 0.255 e. The Bertz CT molecular complexity index is 944. The van der Waals surface area contributed by atoms with Crippen molar-refractivity contribution in [2.24, 2.45) is 0 Å². The predicted octanol–water partition coefficient (Wildman–Crippen LogP) is 2.56. The molecule has 130 valence electrons. The topological polar surface area (TPSA) is 90.3 Å². The van der Waals surface area contributed by atoms with Gasteiger partial charge in [-0.1, -0.05) is 18.2 Å². The Balaban J connectivity index is 2.31. The number of carbonyl (C=O) groups is 1. The molecule has 0 heterocycles. The monoisotopic (exact) mass is 357 g/mol. The van der Waals surface area contributed by atoms with Crippen LogP contribution < -0.4 is 5.32 Å². The molecule has 0 aliphatic carbocycles. The number of nitrogens with one attached hydrogen (secondary N) is 1. The van der Waals surface area contributed by atoms with Crippen LogP contribution in [0.15, 0.2) is 47.4 Å². The van der Waals surface area contributed by atoms with Crippen LogP contribution in [0.25, 0.3) is 0 Å². The van der Waals surface area contributed by atoms with Crippen molar-refractivity contribution in [1.29, 1.82) is 5.26 Å². The number of carbonyl (C=O) groups excluding carboxylic acids is 1. The van der Waals surface area contributed by atoms with Crippen LogP contribution in [0.1, 0.15) is 21.5 Å². The van der Waals surface area contributed by atoms with Gasteiger partial charge in [-0.2, -0.15) is 5.26 Å². The lowest BCUT2D eigenvalue weighted by Gasteiger charge is -2.15. The first-order valence-corrected chi connectivity index (χ1v) is 9.00. The van der Waals surface area contributed by atoms with Crippen LogP contribution in [0.4, 0.5) is 5.69 Å². The summed E-state index contributed by atoms with van der Waals surface area (Å²) in [6.07, 6.45) is 0.219. The van der Waals surface area contributed by atoms with E-state index in [9.17, 15) is 13.2 Å². The van der Waals surface area contributed by atoms with E-state index in [-0.39, 0.29) is 17.2 Å². The van der Waals surface area contributed by atoms with Crippen molar-refractivity contribution in [3.63, 3.8) is 0 Å². The Morgan fingerprint density at radius 2 is 1.92 bits per heavy atom. The molecule has 0 aromatic heterocycles. The number of rotatable bonds is 5. The highest BCUT2D eigenvalue weighted by molar-refractivity contribution is 7.89. The predicted molar refractivity (Wildman–Crippen MR) is 95.8 cm³/mol. The molecule has 0 unspecified atom stereocenters. The number of anilines is 1. The Hall–Kier alpha value is -2.69. The summed E-state index contributed by atoms with van der Waals surface area (Å²) in [6, 6.07) is 13.6. The van der Waals surface area contributed by atoms with Crippen molar-refractivity contribution in [3.05, 3.63) is 59.2 Å². The van der Waals surface area contributed by atoms with Crippen LogP contribution in [0, 0.1) is 18.3 Å². The van der Waals surface area contributed by atoms with Gasteiger partial charge in [-0.05, 0) is 42.3 Å². The number of nitrogens with zero attached hydrogens (tertiary/aromatic N) is 2. The fourth-order valence-electron chi connectivity index (χ4n) is 2.27. The summed E-state index contributed by atoms with van der Waals surface area (Å²) in [5.74, 6) is -0.364. The van der Waals surface area contributed by atoms with E-state index in [0.29, 0.717) is 16.8 Å². The van der Waals surface area contributed by atoms with Gasteiger partial charge in [0.2, 0.25) is 10.0 Å². The van der Waals surface area contributed by atoms with Gasteiger partial charge >= 0.3 is 0 Å². The third kappa shape index (κ3) is 4.24. The summed E-state index contributed by atoms with van der Waals surface area (Å²) in [5, 5.41) is 11.5. The van der Waals surface area contributed by atoms with Gasteiger partial charge in [0.1, 0.15) is 0 Å². The normalized spacial score (nSPS) is 11.2. The van der Waals surface area contributed by atoms with Gasteiger partial charge < -0.3 is 5.32 Å². The second-order valence-corrected chi connectivity index (χ2v) is 7.88. The van der Waals surface area contributed by atoms with Crippen molar-refractivity contribution < 1.29 is 13.2 Å². The van der Waals surface area contributed by atoms with E-state index in [4.69, 9.17) is 5.26 Å². The highest BCUT2D eigenvalue weighted by Gasteiger charge is 2.20. The van der Waals surface area contributed by atoms with Crippen molar-refractivity contribution in [2.75, 3.05) is 19.4 Å². The number of benzene rings is 2. The van der Waals surface area contributed by atoms with Crippen LogP contribution in [0.2, 0.25) is 0 Å². The van der Waals surface area contributed by atoms with Crippen LogP contribution >= 0.6 is 0 Å². The lowest BCUT2D eigenvalue weighted by Crippen LogP contribution is -2.23. The third-order valence-corrected chi connectivity index (χ3v) is 5.63. The molecule has 0 saturated heterocycles. The average molecular weight is 357 g/mol. The first-order valence-electron chi connectivity index (χ1n) is 7.56. The zero-order valence-electron chi connectivity index (χ0n) is 14.3. The minimum Gasteiger partial charge on any atom is -0.322 e. The van der Waals surface area contributed by atoms with E-state index >= 15 is 0 Å². The minimum atomic E-state index is -3.60. The Morgan fingerprint density at radius 1 is 1.20 bits per heavy atom. The van der Waals surface area contributed by atoms with Crippen LogP contribution in [-0.2, 0) is 16.4 Å². The number of aryl methyl sites for hydroxylation is 1. The molecule has 6 nitrogen and oxygen atoms in total. The van der Waals surface area contributed by atoms with Gasteiger partial charge in [-0.25, -0.2) is 12.7 Å². The SMILES string of the molecule is Cc1ccc(NC(=O)c2cccc(CC#N)c2)cc1S(=O)(=O)N(C)C. The first-order chi connectivity index (χ1) is 11.8.